The van der Waals surface area contributed by atoms with Crippen molar-refractivity contribution in [2.75, 3.05) is 9.80 Å². The summed E-state index contributed by atoms with van der Waals surface area (Å²) in [4.78, 5) is 5.05. The molecule has 0 atom stereocenters. The first-order valence-electron chi connectivity index (χ1n) is 26.9. The summed E-state index contributed by atoms with van der Waals surface area (Å²) in [6.45, 7) is 32.1. The van der Waals surface area contributed by atoms with Crippen molar-refractivity contribution in [3.63, 3.8) is 0 Å². The molecule has 11 aromatic rings. The van der Waals surface area contributed by atoms with Gasteiger partial charge in [-0.15, -0.1) is 0 Å². The van der Waals surface area contributed by atoms with Crippen LogP contribution < -0.4 is 9.80 Å². The van der Waals surface area contributed by atoms with E-state index in [9.17, 15) is 0 Å². The highest BCUT2D eigenvalue weighted by Gasteiger charge is 2.43. The van der Waals surface area contributed by atoms with Crippen LogP contribution in [0.3, 0.4) is 0 Å². The average Bonchev–Trinajstić information content (AvgIpc) is 4.04. The lowest BCUT2D eigenvalue weighted by Gasteiger charge is -2.32. The Kier molecular flexibility index (Phi) is 10.2. The summed E-state index contributed by atoms with van der Waals surface area (Å²) in [5.74, 6) is 0. The van der Waals surface area contributed by atoms with Gasteiger partial charge in [-0.05, 0) is 206 Å². The molecule has 0 radical (unpaired) electrons. The molecule has 0 saturated heterocycles. The maximum Gasteiger partial charge on any atom is 0.138 e. The van der Waals surface area contributed by atoms with E-state index >= 15 is 0 Å². The van der Waals surface area contributed by atoms with Crippen LogP contribution in [0.5, 0.6) is 0 Å². The fraction of sp³-hybridized carbons (Fsp3) is 0.222. The standard InChI is InChI=1S/C72H66N2O/c1-39-23-27-59(43(5)31-39)73(60-28-24-40(2)32-44(60)6)63-37-57-65(51-21-17-15-19-49(51)63)55-35-53-54-36-56-66-52-22-18-16-20-50(52)64(74(61-29-25-41(3)33-45(61)7)62-30-26-42(4)34-46(62)8)38-58(66)72(13,14)68(56)48(10)70(54)75-69(53)47(9)67(55)71(57,11)12/h15-38H,1-14H3. The van der Waals surface area contributed by atoms with E-state index in [2.05, 4.69) is 252 Å². The fourth-order valence-electron chi connectivity index (χ4n) is 14.3. The highest BCUT2D eigenvalue weighted by Crippen LogP contribution is 2.60. The number of aryl methyl sites for hydroxylation is 10. The summed E-state index contributed by atoms with van der Waals surface area (Å²) >= 11 is 0. The van der Waals surface area contributed by atoms with Crippen LogP contribution in [0.15, 0.2) is 150 Å². The highest BCUT2D eigenvalue weighted by molar-refractivity contribution is 6.18. The molecule has 10 aromatic carbocycles. The van der Waals surface area contributed by atoms with Gasteiger partial charge in [-0.25, -0.2) is 0 Å². The molecule has 0 N–H and O–H groups in total. The number of nitrogens with zero attached hydrogens (tertiary/aromatic N) is 2. The van der Waals surface area contributed by atoms with E-state index in [1.165, 1.54) is 167 Å². The minimum Gasteiger partial charge on any atom is -0.455 e. The van der Waals surface area contributed by atoms with Crippen molar-refractivity contribution in [2.45, 2.75) is 108 Å². The van der Waals surface area contributed by atoms with E-state index in [0.29, 0.717) is 0 Å². The van der Waals surface area contributed by atoms with Crippen molar-refractivity contribution in [3.05, 3.63) is 223 Å². The van der Waals surface area contributed by atoms with Crippen LogP contribution in [0.2, 0.25) is 0 Å². The molecule has 0 fully saturated rings. The molecule has 3 heteroatoms. The van der Waals surface area contributed by atoms with Crippen molar-refractivity contribution in [1.82, 2.24) is 0 Å². The molecule has 3 nitrogen and oxygen atoms in total. The summed E-state index contributed by atoms with van der Waals surface area (Å²) in [6.07, 6.45) is 0. The number of benzene rings is 10. The number of anilines is 6. The largest absolute Gasteiger partial charge is 0.455 e. The summed E-state index contributed by atoms with van der Waals surface area (Å²) in [7, 11) is 0. The average molecular weight is 975 g/mol. The van der Waals surface area contributed by atoms with Crippen molar-refractivity contribution in [1.29, 1.82) is 0 Å². The number of hydrogen-bond acceptors (Lipinski definition) is 3. The molecule has 2 aliphatic carbocycles. The third kappa shape index (κ3) is 6.65. The molecule has 0 unspecified atom stereocenters. The van der Waals surface area contributed by atoms with Crippen LogP contribution in [-0.2, 0) is 10.8 Å². The molecule has 13 rings (SSSR count). The normalized spacial score (nSPS) is 13.9. The van der Waals surface area contributed by atoms with Crippen LogP contribution in [0.1, 0.15) is 106 Å². The summed E-state index contributed by atoms with van der Waals surface area (Å²) in [5.41, 5.74) is 31.7. The summed E-state index contributed by atoms with van der Waals surface area (Å²) in [6, 6.07) is 55.8. The van der Waals surface area contributed by atoms with Gasteiger partial charge in [-0.3, -0.25) is 0 Å². The van der Waals surface area contributed by atoms with Crippen molar-refractivity contribution in [2.24, 2.45) is 0 Å². The van der Waals surface area contributed by atoms with Gasteiger partial charge in [0, 0.05) is 55.1 Å². The van der Waals surface area contributed by atoms with Gasteiger partial charge in [-0.2, -0.15) is 0 Å². The van der Waals surface area contributed by atoms with Gasteiger partial charge in [0.15, 0.2) is 0 Å². The van der Waals surface area contributed by atoms with Crippen LogP contribution in [0.4, 0.5) is 34.1 Å². The van der Waals surface area contributed by atoms with Crippen molar-refractivity contribution >= 4 is 77.6 Å². The Bertz CT molecular complexity index is 3930. The Morgan fingerprint density at radius 2 is 0.627 bits per heavy atom. The highest BCUT2D eigenvalue weighted by atomic mass is 16.3. The number of furan rings is 1. The Labute approximate surface area is 443 Å². The van der Waals surface area contributed by atoms with Crippen LogP contribution in [0.25, 0.3) is 65.7 Å². The molecule has 0 aliphatic heterocycles. The zero-order chi connectivity index (χ0) is 52.3. The molecule has 0 spiro atoms. The third-order valence-corrected chi connectivity index (χ3v) is 17.6. The summed E-state index contributed by atoms with van der Waals surface area (Å²) in [5, 5.41) is 7.38. The van der Waals surface area contributed by atoms with Gasteiger partial charge in [0.25, 0.3) is 0 Å². The Morgan fingerprint density at radius 1 is 0.320 bits per heavy atom. The smallest absolute Gasteiger partial charge is 0.138 e. The quantitative estimate of drug-likeness (QED) is 0.166. The number of rotatable bonds is 6. The second-order valence-corrected chi connectivity index (χ2v) is 23.5. The zero-order valence-electron chi connectivity index (χ0n) is 46.2. The van der Waals surface area contributed by atoms with Gasteiger partial charge < -0.3 is 14.2 Å². The first kappa shape index (κ1) is 46.9. The first-order valence-corrected chi connectivity index (χ1v) is 26.9. The molecular weight excluding hydrogens is 909 g/mol. The maximum absolute atomic E-state index is 7.35. The minimum absolute atomic E-state index is 0.312. The number of hydrogen-bond donors (Lipinski definition) is 0. The van der Waals surface area contributed by atoms with E-state index < -0.39 is 0 Å². The molecule has 75 heavy (non-hydrogen) atoms. The van der Waals surface area contributed by atoms with Crippen LogP contribution in [0, 0.1) is 69.2 Å². The van der Waals surface area contributed by atoms with Gasteiger partial charge in [0.05, 0.1) is 11.4 Å². The van der Waals surface area contributed by atoms with Crippen molar-refractivity contribution < 1.29 is 4.42 Å². The minimum atomic E-state index is -0.312. The molecular formula is C72H66N2O. The molecule has 1 aromatic heterocycles. The van der Waals surface area contributed by atoms with E-state index in [1.54, 1.807) is 0 Å². The fourth-order valence-corrected chi connectivity index (χ4v) is 14.3. The Morgan fingerprint density at radius 3 is 0.933 bits per heavy atom. The van der Waals surface area contributed by atoms with Gasteiger partial charge in [0.2, 0.25) is 0 Å². The molecule has 0 bridgehead atoms. The van der Waals surface area contributed by atoms with Crippen LogP contribution >= 0.6 is 0 Å². The maximum atomic E-state index is 7.35. The Balaban J connectivity index is 1.05. The second-order valence-electron chi connectivity index (χ2n) is 23.5. The van der Waals surface area contributed by atoms with E-state index in [1.807, 2.05) is 0 Å². The van der Waals surface area contributed by atoms with Gasteiger partial charge in [0.1, 0.15) is 11.2 Å². The van der Waals surface area contributed by atoms with E-state index in [-0.39, 0.29) is 10.8 Å². The molecule has 1 heterocycles. The zero-order valence-corrected chi connectivity index (χ0v) is 46.2. The molecule has 0 amide bonds. The SMILES string of the molecule is Cc1ccc(N(c2ccc(C)cc2C)c2cc3c(c4ccccc24)-c2cc4c(oc5c(C)c6c(cc54)-c4c(cc(N(c5ccc(C)cc5C)c5ccc(C)cc5C)c5ccccc45)C6(C)C)c(C)c2C3(C)C)c(C)c1. The lowest BCUT2D eigenvalue weighted by molar-refractivity contribution is 0.631. The number of fused-ring (bicyclic) bond motifs is 13. The van der Waals surface area contributed by atoms with Gasteiger partial charge >= 0.3 is 0 Å². The lowest BCUT2D eigenvalue weighted by Crippen LogP contribution is -2.18. The first-order chi connectivity index (χ1) is 35.8. The predicted molar refractivity (Wildman–Crippen MR) is 321 cm³/mol. The lowest BCUT2D eigenvalue weighted by atomic mass is 9.79. The Hall–Kier alpha value is -7.88. The molecule has 2 aliphatic rings. The molecule has 0 saturated carbocycles. The topological polar surface area (TPSA) is 19.6 Å². The second kappa shape index (κ2) is 16.3. The van der Waals surface area contributed by atoms with Gasteiger partial charge in [-0.1, -0.05) is 147 Å². The van der Waals surface area contributed by atoms with E-state index in [4.69, 9.17) is 4.42 Å². The van der Waals surface area contributed by atoms with Crippen LogP contribution in [-0.4, -0.2) is 0 Å². The van der Waals surface area contributed by atoms with E-state index in [0.717, 1.165) is 11.2 Å². The summed E-state index contributed by atoms with van der Waals surface area (Å²) < 4.78 is 7.35. The third-order valence-electron chi connectivity index (χ3n) is 17.6. The monoisotopic (exact) mass is 975 g/mol. The van der Waals surface area contributed by atoms with Crippen molar-refractivity contribution in [3.8, 4) is 22.3 Å². The molecule has 370 valence electrons. The predicted octanol–water partition coefficient (Wildman–Crippen LogP) is 20.5.